The van der Waals surface area contributed by atoms with Crippen LogP contribution in [0.3, 0.4) is 0 Å². The second-order valence-electron chi connectivity index (χ2n) is 5.91. The maximum atomic E-state index is 13.1. The molecule has 7 nitrogen and oxygen atoms in total. The third-order valence-corrected chi connectivity index (χ3v) is 5.43. The molecule has 1 saturated carbocycles. The number of aliphatic hydroxyl groups excluding tert-OH is 1. The van der Waals surface area contributed by atoms with Gasteiger partial charge in [-0.2, -0.15) is 17.2 Å². The van der Waals surface area contributed by atoms with Crippen LogP contribution in [0.2, 0.25) is 0 Å². The third kappa shape index (κ3) is 4.37. The van der Waals surface area contributed by atoms with Gasteiger partial charge in [-0.1, -0.05) is 13.8 Å². The van der Waals surface area contributed by atoms with Crippen molar-refractivity contribution in [1.82, 2.24) is 0 Å². The number of aliphatic hydroxyl groups is 2. The Morgan fingerprint density at radius 1 is 1.30 bits per heavy atom. The van der Waals surface area contributed by atoms with E-state index in [9.17, 15) is 27.1 Å². The van der Waals surface area contributed by atoms with Gasteiger partial charge >= 0.3 is 21.3 Å². The van der Waals surface area contributed by atoms with Crippen molar-refractivity contribution in [1.29, 1.82) is 0 Å². The molecule has 1 aliphatic carbocycles. The number of hydrogen-bond donors (Lipinski definition) is 3. The van der Waals surface area contributed by atoms with Gasteiger partial charge in [0.05, 0.1) is 11.5 Å². The Balaban J connectivity index is 2.69. The number of carbonyl (C=O) groups excluding carboxylic acids is 1. The number of alkyl halides is 2. The molecule has 0 aromatic rings. The topological polar surface area (TPSA) is 121 Å². The van der Waals surface area contributed by atoms with Gasteiger partial charge in [0.1, 0.15) is 0 Å². The highest BCUT2D eigenvalue weighted by Crippen LogP contribution is 2.42. The van der Waals surface area contributed by atoms with E-state index in [-0.39, 0.29) is 12.3 Å². The molecule has 0 heterocycles. The number of rotatable bonds is 8. The van der Waals surface area contributed by atoms with Crippen molar-refractivity contribution in [3.8, 4) is 0 Å². The van der Waals surface area contributed by atoms with E-state index in [1.165, 1.54) is 0 Å². The van der Waals surface area contributed by atoms with E-state index in [0.29, 0.717) is 25.7 Å². The number of halogens is 2. The second kappa shape index (κ2) is 6.96. The SMILES string of the molecule is CCC(O)(CC)CC1CCC1C(=O)OC(O)C(F)(F)S(=O)(=O)O. The van der Waals surface area contributed by atoms with Crippen LogP contribution < -0.4 is 0 Å². The Morgan fingerprint density at radius 3 is 2.17 bits per heavy atom. The molecule has 3 unspecified atom stereocenters. The molecular weight excluding hydrogens is 338 g/mol. The van der Waals surface area contributed by atoms with E-state index in [1.54, 1.807) is 13.8 Å². The Kier molecular flexibility index (Phi) is 6.11. The summed E-state index contributed by atoms with van der Waals surface area (Å²) in [5, 5.41) is 14.3. The first-order chi connectivity index (χ1) is 10.4. The fourth-order valence-corrected chi connectivity index (χ4v) is 2.85. The van der Waals surface area contributed by atoms with Gasteiger partial charge in [0.25, 0.3) is 6.29 Å². The maximum absolute atomic E-state index is 13.1. The average Bonchev–Trinajstić information content (AvgIpc) is 2.41. The maximum Gasteiger partial charge on any atom is 0.430 e. The molecule has 10 heteroatoms. The lowest BCUT2D eigenvalue weighted by Gasteiger charge is -2.40. The van der Waals surface area contributed by atoms with Crippen LogP contribution in [-0.4, -0.2) is 46.3 Å². The van der Waals surface area contributed by atoms with Crippen LogP contribution in [0.4, 0.5) is 8.78 Å². The molecule has 0 bridgehead atoms. The van der Waals surface area contributed by atoms with Gasteiger partial charge in [-0.3, -0.25) is 9.35 Å². The van der Waals surface area contributed by atoms with Crippen LogP contribution in [-0.2, 0) is 19.6 Å². The van der Waals surface area contributed by atoms with Crippen molar-refractivity contribution < 1.29 is 41.5 Å². The van der Waals surface area contributed by atoms with Crippen molar-refractivity contribution in [2.75, 3.05) is 0 Å². The summed E-state index contributed by atoms with van der Waals surface area (Å²) in [5.74, 6) is -2.27. The van der Waals surface area contributed by atoms with Crippen LogP contribution in [0, 0.1) is 11.8 Å². The normalized spacial score (nSPS) is 24.0. The Hall–Kier alpha value is -0.840. The standard InChI is InChI=1S/C13H22F2O7S/c1-3-12(18,4-2)7-8-5-6-9(8)10(16)22-11(17)13(14,15)23(19,20)21/h8-9,11,17-18H,3-7H2,1-2H3,(H,19,20,21). The fraction of sp³-hybridized carbons (Fsp3) is 0.923. The molecule has 23 heavy (non-hydrogen) atoms. The summed E-state index contributed by atoms with van der Waals surface area (Å²) in [6.45, 7) is 3.57. The summed E-state index contributed by atoms with van der Waals surface area (Å²) < 4.78 is 59.7. The number of ether oxygens (including phenoxy) is 1. The van der Waals surface area contributed by atoms with Crippen LogP contribution in [0.1, 0.15) is 46.0 Å². The summed E-state index contributed by atoms with van der Waals surface area (Å²) in [6, 6.07) is 0. The molecule has 0 amide bonds. The quantitative estimate of drug-likeness (QED) is 0.339. The lowest BCUT2D eigenvalue weighted by Crippen LogP contribution is -2.47. The summed E-state index contributed by atoms with van der Waals surface area (Å²) in [6.07, 6.45) is -1.16. The first kappa shape index (κ1) is 20.2. The first-order valence-corrected chi connectivity index (χ1v) is 8.77. The molecule has 0 spiro atoms. The van der Waals surface area contributed by atoms with E-state index in [1.807, 2.05) is 0 Å². The number of hydrogen-bond acceptors (Lipinski definition) is 6. The van der Waals surface area contributed by atoms with Gasteiger partial charge in [0.2, 0.25) is 0 Å². The summed E-state index contributed by atoms with van der Waals surface area (Å²) in [7, 11) is -5.91. The minimum atomic E-state index is -5.91. The Bertz CT molecular complexity index is 530. The zero-order valence-electron chi connectivity index (χ0n) is 12.9. The van der Waals surface area contributed by atoms with Crippen molar-refractivity contribution in [2.24, 2.45) is 11.8 Å². The molecule has 1 aliphatic rings. The number of esters is 1. The molecule has 3 N–H and O–H groups in total. The van der Waals surface area contributed by atoms with Crippen LogP contribution >= 0.6 is 0 Å². The largest absolute Gasteiger partial charge is 0.430 e. The minimum Gasteiger partial charge on any atom is -0.428 e. The van der Waals surface area contributed by atoms with Crippen molar-refractivity contribution in [2.45, 2.75) is 63.1 Å². The van der Waals surface area contributed by atoms with E-state index in [4.69, 9.17) is 9.66 Å². The first-order valence-electron chi connectivity index (χ1n) is 7.33. The predicted molar refractivity (Wildman–Crippen MR) is 75.0 cm³/mol. The predicted octanol–water partition coefficient (Wildman–Crippen LogP) is 1.30. The molecule has 0 aromatic carbocycles. The summed E-state index contributed by atoms with van der Waals surface area (Å²) >= 11 is 0. The van der Waals surface area contributed by atoms with Crippen molar-refractivity contribution >= 4 is 16.1 Å². The fourth-order valence-electron chi connectivity index (χ4n) is 2.54. The van der Waals surface area contributed by atoms with Crippen LogP contribution in [0.15, 0.2) is 0 Å². The highest BCUT2D eigenvalue weighted by atomic mass is 32.2. The molecule has 3 atom stereocenters. The molecule has 1 fully saturated rings. The molecule has 136 valence electrons. The van der Waals surface area contributed by atoms with Gasteiger partial charge in [-0.05, 0) is 38.0 Å². The molecular formula is C13H22F2O7S. The van der Waals surface area contributed by atoms with Gasteiger partial charge in [-0.25, -0.2) is 0 Å². The Morgan fingerprint density at radius 2 is 1.83 bits per heavy atom. The van der Waals surface area contributed by atoms with Crippen LogP contribution in [0.25, 0.3) is 0 Å². The van der Waals surface area contributed by atoms with Crippen molar-refractivity contribution in [3.05, 3.63) is 0 Å². The monoisotopic (exact) mass is 360 g/mol. The van der Waals surface area contributed by atoms with Gasteiger partial charge in [-0.15, -0.1) is 0 Å². The lowest BCUT2D eigenvalue weighted by molar-refractivity contribution is -0.214. The lowest BCUT2D eigenvalue weighted by atomic mass is 9.68. The average molecular weight is 360 g/mol. The van der Waals surface area contributed by atoms with Gasteiger partial charge < -0.3 is 14.9 Å². The van der Waals surface area contributed by atoms with Gasteiger partial charge in [0, 0.05) is 0 Å². The third-order valence-electron chi connectivity index (χ3n) is 4.54. The zero-order chi connectivity index (χ0) is 18.1. The summed E-state index contributed by atoms with van der Waals surface area (Å²) in [5.41, 5.74) is -0.972. The minimum absolute atomic E-state index is 0.282. The van der Waals surface area contributed by atoms with E-state index < -0.39 is 39.2 Å². The van der Waals surface area contributed by atoms with E-state index in [2.05, 4.69) is 4.74 Å². The van der Waals surface area contributed by atoms with Crippen LogP contribution in [0.5, 0.6) is 0 Å². The smallest absolute Gasteiger partial charge is 0.428 e. The molecule has 0 aliphatic heterocycles. The molecule has 0 saturated heterocycles. The highest BCUT2D eigenvalue weighted by molar-refractivity contribution is 7.86. The van der Waals surface area contributed by atoms with Gasteiger partial charge in [0.15, 0.2) is 0 Å². The van der Waals surface area contributed by atoms with E-state index >= 15 is 0 Å². The van der Waals surface area contributed by atoms with Crippen molar-refractivity contribution in [3.63, 3.8) is 0 Å². The second-order valence-corrected chi connectivity index (χ2v) is 7.40. The molecule has 1 rings (SSSR count). The molecule has 0 radical (unpaired) electrons. The van der Waals surface area contributed by atoms with E-state index in [0.717, 1.165) is 0 Å². The number of carbonyl (C=O) groups is 1. The molecule has 0 aromatic heterocycles. The highest BCUT2D eigenvalue weighted by Gasteiger charge is 2.55. The summed E-state index contributed by atoms with van der Waals surface area (Å²) in [4.78, 5) is 11.8. The Labute approximate surface area is 133 Å². The zero-order valence-corrected chi connectivity index (χ0v) is 13.7.